The van der Waals surface area contributed by atoms with Gasteiger partial charge in [0, 0.05) is 0 Å². The lowest BCUT2D eigenvalue weighted by Crippen LogP contribution is -1.69. The molecule has 33 valence electrons. The van der Waals surface area contributed by atoms with Gasteiger partial charge in [0.2, 0.25) is 6.08 Å². The van der Waals surface area contributed by atoms with Crippen LogP contribution in [-0.4, -0.2) is 12.6 Å². The molecule has 0 aliphatic rings. The monoisotopic (exact) mass is 84.0 g/mol. The minimum atomic E-state index is 0.503. The Balaban J connectivity index is 2.86. The Morgan fingerprint density at radius 2 is 2.50 bits per heavy atom. The molecule has 0 amide bonds. The van der Waals surface area contributed by atoms with Crippen molar-refractivity contribution >= 4 is 6.08 Å². The highest BCUT2D eigenvalue weighted by Crippen LogP contribution is 1.70. The van der Waals surface area contributed by atoms with Crippen LogP contribution in [0.3, 0.4) is 0 Å². The molecule has 0 bridgehead atoms. The van der Waals surface area contributed by atoms with E-state index in [1.165, 1.54) is 6.08 Å². The Bertz CT molecular complexity index is 63.9. The summed E-state index contributed by atoms with van der Waals surface area (Å²) in [5, 5.41) is 0. The predicted octanol–water partition coefficient (Wildman–Crippen LogP) is 0.546. The molecule has 0 atom stereocenters. The zero-order chi connectivity index (χ0) is 4.83. The van der Waals surface area contributed by atoms with Crippen LogP contribution in [0, 0.1) is 6.92 Å². The Labute approximate surface area is 36.9 Å². The Morgan fingerprint density at radius 1 is 1.83 bits per heavy atom. The van der Waals surface area contributed by atoms with Crippen LogP contribution < -0.4 is 0 Å². The van der Waals surface area contributed by atoms with Crippen molar-refractivity contribution in [2.75, 3.05) is 6.54 Å². The topological polar surface area (TPSA) is 29.4 Å². The van der Waals surface area contributed by atoms with E-state index in [0.717, 1.165) is 0 Å². The largest absolute Gasteiger partial charge is 0.234 e. The first-order chi connectivity index (χ1) is 2.91. The first-order valence-corrected chi connectivity index (χ1v) is 1.74. The average Bonchev–Trinajstić information content (AvgIpc) is 1.61. The molecule has 0 aromatic carbocycles. The van der Waals surface area contributed by atoms with Gasteiger partial charge in [-0.25, -0.2) is 9.79 Å². The zero-order valence-corrected chi connectivity index (χ0v) is 3.48. The molecular weight excluding hydrogens is 78.0 g/mol. The third-order valence-corrected chi connectivity index (χ3v) is 0.334. The van der Waals surface area contributed by atoms with Crippen LogP contribution in [-0.2, 0) is 4.79 Å². The summed E-state index contributed by atoms with van der Waals surface area (Å²) >= 11 is 0. The molecule has 0 spiro atoms. The molecule has 0 N–H and O–H groups in total. The number of isocyanates is 1. The summed E-state index contributed by atoms with van der Waals surface area (Å²) in [7, 11) is 0. The maximum Gasteiger partial charge on any atom is 0.234 e. The van der Waals surface area contributed by atoms with Crippen molar-refractivity contribution in [3.63, 3.8) is 0 Å². The van der Waals surface area contributed by atoms with Gasteiger partial charge in [-0.2, -0.15) is 0 Å². The normalized spacial score (nSPS) is 6.83. The van der Waals surface area contributed by atoms with Crippen molar-refractivity contribution in [1.29, 1.82) is 0 Å². The van der Waals surface area contributed by atoms with E-state index >= 15 is 0 Å². The number of rotatable bonds is 2. The minimum absolute atomic E-state index is 0.503. The molecule has 6 heavy (non-hydrogen) atoms. The van der Waals surface area contributed by atoms with E-state index in [2.05, 4.69) is 11.9 Å². The molecular formula is C4H6NO. The molecule has 0 heterocycles. The number of carbonyl (C=O) groups excluding carboxylic acids is 1. The van der Waals surface area contributed by atoms with Gasteiger partial charge >= 0.3 is 0 Å². The summed E-state index contributed by atoms with van der Waals surface area (Å²) in [4.78, 5) is 12.5. The van der Waals surface area contributed by atoms with Gasteiger partial charge in [-0.15, -0.1) is 0 Å². The van der Waals surface area contributed by atoms with Gasteiger partial charge in [-0.3, -0.25) is 0 Å². The third-order valence-electron chi connectivity index (χ3n) is 0.334. The first-order valence-electron chi connectivity index (χ1n) is 1.74. The van der Waals surface area contributed by atoms with E-state index in [-0.39, 0.29) is 0 Å². The fourth-order valence-corrected chi connectivity index (χ4v) is 0.125. The molecule has 2 heteroatoms. The van der Waals surface area contributed by atoms with Crippen molar-refractivity contribution in [2.24, 2.45) is 4.99 Å². The SMILES string of the molecule is [CH2]CCN=C=O. The summed E-state index contributed by atoms with van der Waals surface area (Å²) < 4.78 is 0. The maximum absolute atomic E-state index is 9.24. The van der Waals surface area contributed by atoms with Crippen LogP contribution in [0.25, 0.3) is 0 Å². The quantitative estimate of drug-likeness (QED) is 0.355. The zero-order valence-electron chi connectivity index (χ0n) is 3.48. The smallest absolute Gasteiger partial charge is 0.211 e. The number of nitrogens with zero attached hydrogens (tertiary/aromatic N) is 1. The second-order valence-corrected chi connectivity index (χ2v) is 0.827. The molecule has 0 aromatic heterocycles. The van der Waals surface area contributed by atoms with Gasteiger partial charge in [0.1, 0.15) is 0 Å². The van der Waals surface area contributed by atoms with E-state index in [1.807, 2.05) is 0 Å². The van der Waals surface area contributed by atoms with Gasteiger partial charge in [-0.1, -0.05) is 6.92 Å². The predicted molar refractivity (Wildman–Crippen MR) is 23.0 cm³/mol. The highest BCUT2D eigenvalue weighted by Gasteiger charge is 1.66. The van der Waals surface area contributed by atoms with E-state index in [0.29, 0.717) is 13.0 Å². The standard InChI is InChI=1S/C4H6NO/c1-2-3-5-4-6/h1-3H2. The van der Waals surface area contributed by atoms with E-state index in [1.54, 1.807) is 0 Å². The minimum Gasteiger partial charge on any atom is -0.211 e. The molecule has 0 saturated carbocycles. The second-order valence-electron chi connectivity index (χ2n) is 0.827. The van der Waals surface area contributed by atoms with E-state index in [9.17, 15) is 4.79 Å². The van der Waals surface area contributed by atoms with Gasteiger partial charge < -0.3 is 0 Å². The lowest BCUT2D eigenvalue weighted by atomic mass is 10.5. The number of hydrogen-bond acceptors (Lipinski definition) is 2. The highest BCUT2D eigenvalue weighted by molar-refractivity contribution is 5.32. The molecule has 0 fully saturated rings. The maximum atomic E-state index is 9.24. The van der Waals surface area contributed by atoms with Crippen molar-refractivity contribution < 1.29 is 4.79 Å². The average molecular weight is 84.1 g/mol. The lowest BCUT2D eigenvalue weighted by Gasteiger charge is -1.71. The van der Waals surface area contributed by atoms with Crippen molar-refractivity contribution in [1.82, 2.24) is 0 Å². The molecule has 0 rings (SSSR count). The van der Waals surface area contributed by atoms with Crippen LogP contribution in [0.15, 0.2) is 4.99 Å². The summed E-state index contributed by atoms with van der Waals surface area (Å²) in [5.74, 6) is 0. The fourth-order valence-electron chi connectivity index (χ4n) is 0.125. The van der Waals surface area contributed by atoms with Crippen molar-refractivity contribution in [2.45, 2.75) is 6.42 Å². The highest BCUT2D eigenvalue weighted by atomic mass is 16.1. The van der Waals surface area contributed by atoms with Crippen LogP contribution >= 0.6 is 0 Å². The molecule has 0 aromatic rings. The van der Waals surface area contributed by atoms with Gasteiger partial charge in [0.15, 0.2) is 0 Å². The number of aliphatic imine (C=N–C) groups is 1. The molecule has 0 saturated heterocycles. The van der Waals surface area contributed by atoms with Gasteiger partial charge in [-0.05, 0) is 6.42 Å². The fraction of sp³-hybridized carbons (Fsp3) is 0.500. The first kappa shape index (κ1) is 5.38. The second kappa shape index (κ2) is 4.38. The van der Waals surface area contributed by atoms with E-state index in [4.69, 9.17) is 0 Å². The summed E-state index contributed by atoms with van der Waals surface area (Å²) in [6, 6.07) is 0. The van der Waals surface area contributed by atoms with Crippen LogP contribution in [0.4, 0.5) is 0 Å². The van der Waals surface area contributed by atoms with Gasteiger partial charge in [0.25, 0.3) is 0 Å². The molecule has 1 radical (unpaired) electrons. The summed E-state index contributed by atoms with van der Waals surface area (Å²) in [5.41, 5.74) is 0. The van der Waals surface area contributed by atoms with Gasteiger partial charge in [0.05, 0.1) is 6.54 Å². The number of hydrogen-bond donors (Lipinski definition) is 0. The summed E-state index contributed by atoms with van der Waals surface area (Å²) in [6.07, 6.45) is 2.08. The van der Waals surface area contributed by atoms with Crippen LogP contribution in [0.2, 0.25) is 0 Å². The molecule has 0 aliphatic carbocycles. The lowest BCUT2D eigenvalue weighted by molar-refractivity contribution is 0.563. The molecule has 2 nitrogen and oxygen atoms in total. The van der Waals surface area contributed by atoms with E-state index < -0.39 is 0 Å². The van der Waals surface area contributed by atoms with Crippen molar-refractivity contribution in [3.05, 3.63) is 6.92 Å². The van der Waals surface area contributed by atoms with Crippen molar-refractivity contribution in [3.8, 4) is 0 Å². The summed E-state index contributed by atoms with van der Waals surface area (Å²) in [6.45, 7) is 3.95. The Kier molecular flexibility index (Phi) is 3.93. The Hall–Kier alpha value is -0.620. The van der Waals surface area contributed by atoms with Crippen LogP contribution in [0.1, 0.15) is 6.42 Å². The molecule has 0 unspecified atom stereocenters. The Morgan fingerprint density at radius 3 is 2.67 bits per heavy atom. The van der Waals surface area contributed by atoms with Crippen LogP contribution in [0.5, 0.6) is 0 Å². The molecule has 0 aliphatic heterocycles. The third kappa shape index (κ3) is 3.38.